The minimum Gasteiger partial charge on any atom is -0.508 e. The van der Waals surface area contributed by atoms with Crippen molar-refractivity contribution in [2.24, 2.45) is 11.8 Å². The number of rotatable bonds is 4. The largest absolute Gasteiger partial charge is 0.508 e. The van der Waals surface area contributed by atoms with E-state index in [9.17, 15) is 9.59 Å². The Kier molecular flexibility index (Phi) is 3.23. The second kappa shape index (κ2) is 4.68. The maximum absolute atomic E-state index is 11.9. The summed E-state index contributed by atoms with van der Waals surface area (Å²) in [6.45, 7) is 0.419. The topological polar surface area (TPSA) is 77.8 Å². The number of hydrogen-bond donors (Lipinski definition) is 2. The predicted octanol–water partition coefficient (Wildman–Crippen LogP) is 1.07. The highest BCUT2D eigenvalue weighted by Crippen LogP contribution is 2.40. The van der Waals surface area contributed by atoms with Crippen LogP contribution >= 0.6 is 0 Å². The summed E-state index contributed by atoms with van der Waals surface area (Å²) in [4.78, 5) is 24.1. The number of carboxylic acids is 1. The van der Waals surface area contributed by atoms with Crippen molar-refractivity contribution in [1.29, 1.82) is 0 Å². The molecule has 96 valence electrons. The highest BCUT2D eigenvalue weighted by atomic mass is 16.4. The Bertz CT molecular complexity index is 468. The Balaban J connectivity index is 1.92. The zero-order chi connectivity index (χ0) is 13.3. The molecule has 1 fully saturated rings. The number of phenols is 1. The van der Waals surface area contributed by atoms with E-state index in [4.69, 9.17) is 10.2 Å². The highest BCUT2D eigenvalue weighted by molar-refractivity contribution is 5.89. The molecule has 0 aromatic heterocycles. The number of phenolic OH excluding ortho intramolecular Hbond substituents is 1. The van der Waals surface area contributed by atoms with Gasteiger partial charge in [0.05, 0.1) is 11.8 Å². The van der Waals surface area contributed by atoms with Gasteiger partial charge in [0.1, 0.15) is 5.75 Å². The molecule has 1 aliphatic rings. The summed E-state index contributed by atoms with van der Waals surface area (Å²) in [5, 5.41) is 17.9. The van der Waals surface area contributed by atoms with Gasteiger partial charge in [0, 0.05) is 13.6 Å². The number of hydrogen-bond acceptors (Lipinski definition) is 3. The zero-order valence-electron chi connectivity index (χ0n) is 10.0. The van der Waals surface area contributed by atoms with Gasteiger partial charge in [-0.2, -0.15) is 0 Å². The molecule has 2 atom stereocenters. The lowest BCUT2D eigenvalue weighted by molar-refractivity contribution is -0.141. The van der Waals surface area contributed by atoms with Crippen LogP contribution in [0.2, 0.25) is 0 Å². The van der Waals surface area contributed by atoms with Gasteiger partial charge in [0.2, 0.25) is 5.91 Å². The van der Waals surface area contributed by atoms with Gasteiger partial charge in [-0.25, -0.2) is 0 Å². The van der Waals surface area contributed by atoms with E-state index in [0.717, 1.165) is 5.56 Å². The Hall–Kier alpha value is -2.04. The number of aromatic hydroxyl groups is 1. The van der Waals surface area contributed by atoms with Gasteiger partial charge in [-0.15, -0.1) is 0 Å². The molecule has 1 aromatic rings. The maximum atomic E-state index is 11.9. The standard InChI is InChI=1S/C13H15NO4/c1-14(7-8-2-4-9(15)5-3-8)12(16)10-6-11(10)13(17)18/h2-5,10-11,15H,6-7H2,1H3,(H,17,18). The van der Waals surface area contributed by atoms with Gasteiger partial charge < -0.3 is 15.1 Å². The van der Waals surface area contributed by atoms with Crippen molar-refractivity contribution >= 4 is 11.9 Å². The molecule has 5 heteroatoms. The van der Waals surface area contributed by atoms with Crippen LogP contribution in [0.3, 0.4) is 0 Å². The molecular formula is C13H15NO4. The maximum Gasteiger partial charge on any atom is 0.307 e. The number of carboxylic acid groups (broad SMARTS) is 1. The van der Waals surface area contributed by atoms with Gasteiger partial charge in [-0.1, -0.05) is 12.1 Å². The summed E-state index contributed by atoms with van der Waals surface area (Å²) in [5.74, 6) is -1.73. The SMILES string of the molecule is CN(Cc1ccc(O)cc1)C(=O)C1CC1C(=O)O. The van der Waals surface area contributed by atoms with E-state index in [0.29, 0.717) is 13.0 Å². The molecule has 2 unspecified atom stereocenters. The summed E-state index contributed by atoms with van der Waals surface area (Å²) in [6.07, 6.45) is 0.439. The average molecular weight is 249 g/mol. The third-order valence-corrected chi connectivity index (χ3v) is 3.16. The van der Waals surface area contributed by atoms with Crippen molar-refractivity contribution in [2.75, 3.05) is 7.05 Å². The van der Waals surface area contributed by atoms with Crippen LogP contribution in [0.1, 0.15) is 12.0 Å². The monoisotopic (exact) mass is 249 g/mol. The van der Waals surface area contributed by atoms with Crippen molar-refractivity contribution < 1.29 is 19.8 Å². The smallest absolute Gasteiger partial charge is 0.307 e. The number of nitrogens with zero attached hydrogens (tertiary/aromatic N) is 1. The number of carbonyl (C=O) groups is 2. The fraction of sp³-hybridized carbons (Fsp3) is 0.385. The van der Waals surface area contributed by atoms with E-state index < -0.39 is 11.9 Å². The molecule has 5 nitrogen and oxygen atoms in total. The first-order valence-corrected chi connectivity index (χ1v) is 5.74. The molecule has 18 heavy (non-hydrogen) atoms. The molecule has 0 heterocycles. The van der Waals surface area contributed by atoms with Crippen molar-refractivity contribution in [1.82, 2.24) is 4.90 Å². The second-order valence-corrected chi connectivity index (χ2v) is 4.65. The van der Waals surface area contributed by atoms with Gasteiger partial charge in [0.15, 0.2) is 0 Å². The number of benzene rings is 1. The molecule has 1 aromatic carbocycles. The average Bonchev–Trinajstić information content (AvgIpc) is 3.11. The lowest BCUT2D eigenvalue weighted by Gasteiger charge is -2.17. The van der Waals surface area contributed by atoms with Crippen LogP contribution < -0.4 is 0 Å². The molecule has 0 saturated heterocycles. The summed E-state index contributed by atoms with van der Waals surface area (Å²) >= 11 is 0. The fourth-order valence-electron chi connectivity index (χ4n) is 1.98. The number of amides is 1. The summed E-state index contributed by atoms with van der Waals surface area (Å²) in [5.41, 5.74) is 0.899. The van der Waals surface area contributed by atoms with Crippen LogP contribution in [0.25, 0.3) is 0 Å². The molecule has 0 spiro atoms. The van der Waals surface area contributed by atoms with E-state index >= 15 is 0 Å². The van der Waals surface area contributed by atoms with Crippen LogP contribution in [0.15, 0.2) is 24.3 Å². The Labute approximate surface area is 105 Å². The quantitative estimate of drug-likeness (QED) is 0.836. The molecular weight excluding hydrogens is 234 g/mol. The van der Waals surface area contributed by atoms with Crippen molar-refractivity contribution in [2.45, 2.75) is 13.0 Å². The van der Waals surface area contributed by atoms with Crippen LogP contribution in [-0.2, 0) is 16.1 Å². The van der Waals surface area contributed by atoms with Crippen molar-refractivity contribution in [3.05, 3.63) is 29.8 Å². The van der Waals surface area contributed by atoms with E-state index in [1.807, 2.05) is 0 Å². The van der Waals surface area contributed by atoms with Gasteiger partial charge >= 0.3 is 5.97 Å². The van der Waals surface area contributed by atoms with Crippen molar-refractivity contribution in [3.8, 4) is 5.75 Å². The van der Waals surface area contributed by atoms with E-state index in [1.54, 1.807) is 31.3 Å². The van der Waals surface area contributed by atoms with E-state index in [1.165, 1.54) is 4.90 Å². The lowest BCUT2D eigenvalue weighted by atomic mass is 10.2. The normalized spacial score (nSPS) is 21.4. The first-order valence-electron chi connectivity index (χ1n) is 5.74. The molecule has 1 aliphatic carbocycles. The minimum atomic E-state index is -0.897. The fourth-order valence-corrected chi connectivity index (χ4v) is 1.98. The molecule has 2 N–H and O–H groups in total. The van der Waals surface area contributed by atoms with Crippen LogP contribution in [0, 0.1) is 11.8 Å². The molecule has 0 aliphatic heterocycles. The Morgan fingerprint density at radius 1 is 1.28 bits per heavy atom. The highest BCUT2D eigenvalue weighted by Gasteiger charge is 2.49. The Morgan fingerprint density at radius 2 is 1.89 bits per heavy atom. The van der Waals surface area contributed by atoms with Gasteiger partial charge in [-0.3, -0.25) is 9.59 Å². The number of carbonyl (C=O) groups excluding carboxylic acids is 1. The first-order chi connectivity index (χ1) is 8.49. The number of aliphatic carboxylic acids is 1. The summed E-state index contributed by atoms with van der Waals surface area (Å²) in [6, 6.07) is 6.59. The second-order valence-electron chi connectivity index (χ2n) is 4.65. The lowest BCUT2D eigenvalue weighted by Crippen LogP contribution is -2.28. The van der Waals surface area contributed by atoms with E-state index in [-0.39, 0.29) is 17.6 Å². The van der Waals surface area contributed by atoms with Crippen LogP contribution in [-0.4, -0.2) is 34.0 Å². The van der Waals surface area contributed by atoms with E-state index in [2.05, 4.69) is 0 Å². The molecule has 0 bridgehead atoms. The third kappa shape index (κ3) is 2.61. The van der Waals surface area contributed by atoms with Crippen molar-refractivity contribution in [3.63, 3.8) is 0 Å². The first kappa shape index (κ1) is 12.4. The molecule has 1 saturated carbocycles. The molecule has 1 amide bonds. The summed E-state index contributed by atoms with van der Waals surface area (Å²) in [7, 11) is 1.66. The van der Waals surface area contributed by atoms with Gasteiger partial charge in [0.25, 0.3) is 0 Å². The minimum absolute atomic E-state index is 0.129. The van der Waals surface area contributed by atoms with Crippen LogP contribution in [0.5, 0.6) is 5.75 Å². The van der Waals surface area contributed by atoms with Crippen LogP contribution in [0.4, 0.5) is 0 Å². The Morgan fingerprint density at radius 3 is 2.39 bits per heavy atom. The summed E-state index contributed by atoms with van der Waals surface area (Å²) < 4.78 is 0. The van der Waals surface area contributed by atoms with Gasteiger partial charge in [-0.05, 0) is 24.1 Å². The zero-order valence-corrected chi connectivity index (χ0v) is 10.0. The molecule has 0 radical (unpaired) electrons. The predicted molar refractivity (Wildman–Crippen MR) is 63.8 cm³/mol. The molecule has 2 rings (SSSR count). The third-order valence-electron chi connectivity index (χ3n) is 3.16.